The molecule has 0 radical (unpaired) electrons. The number of allylic oxidation sites excluding steroid dienone is 7. The van der Waals surface area contributed by atoms with Crippen LogP contribution in [-0.2, 0) is 18.4 Å². The smallest absolute Gasteiger partial charge is 0.268 e. The fourth-order valence-corrected chi connectivity index (χ4v) is 11.3. The van der Waals surface area contributed by atoms with E-state index in [-0.39, 0.29) is 19.1 Å². The summed E-state index contributed by atoms with van der Waals surface area (Å²) < 4.78 is 23.5. The van der Waals surface area contributed by atoms with E-state index in [1.807, 2.05) is 27.2 Å². The largest absolute Gasteiger partial charge is 0.756 e. The molecule has 0 spiro atoms. The molecule has 8 nitrogen and oxygen atoms in total. The molecular weight excluding hydrogens is 1010 g/mol. The van der Waals surface area contributed by atoms with E-state index < -0.39 is 20.0 Å². The lowest BCUT2D eigenvalue weighted by atomic mass is 10.0. The number of aliphatic hydroxyl groups is 1. The highest BCUT2D eigenvalue weighted by molar-refractivity contribution is 7.45. The highest BCUT2D eigenvalue weighted by Crippen LogP contribution is 2.38. The molecule has 0 aliphatic carbocycles. The van der Waals surface area contributed by atoms with Crippen molar-refractivity contribution < 1.29 is 32.9 Å². The van der Waals surface area contributed by atoms with Crippen molar-refractivity contribution in [1.29, 1.82) is 0 Å². The minimum atomic E-state index is -4.61. The lowest BCUT2D eigenvalue weighted by Crippen LogP contribution is -2.45. The van der Waals surface area contributed by atoms with Crippen molar-refractivity contribution in [3.63, 3.8) is 0 Å². The first-order chi connectivity index (χ1) is 39.0. The van der Waals surface area contributed by atoms with Gasteiger partial charge in [0.15, 0.2) is 0 Å². The van der Waals surface area contributed by atoms with Crippen molar-refractivity contribution in [2.24, 2.45) is 0 Å². The minimum absolute atomic E-state index is 0.00134. The lowest BCUT2D eigenvalue weighted by molar-refractivity contribution is -0.870. The number of unbranched alkanes of at least 4 members (excludes halogenated alkanes) is 46. The molecule has 0 bridgehead atoms. The van der Waals surface area contributed by atoms with Crippen LogP contribution in [0, 0.1) is 0 Å². The zero-order chi connectivity index (χ0) is 58.4. The Morgan fingerprint density at radius 2 is 0.725 bits per heavy atom. The number of hydrogen-bond donors (Lipinski definition) is 2. The third-order valence-corrected chi connectivity index (χ3v) is 17.0. The number of aliphatic hydroxyl groups excluding tert-OH is 1. The van der Waals surface area contributed by atoms with Crippen LogP contribution in [0.3, 0.4) is 0 Å². The number of phosphoric ester groups is 1. The predicted octanol–water partition coefficient (Wildman–Crippen LogP) is 21.6. The van der Waals surface area contributed by atoms with Gasteiger partial charge < -0.3 is 28.8 Å². The first-order valence-electron chi connectivity index (χ1n) is 35.0. The Labute approximate surface area is 499 Å². The molecule has 80 heavy (non-hydrogen) atoms. The van der Waals surface area contributed by atoms with Crippen LogP contribution in [0.1, 0.15) is 348 Å². The third kappa shape index (κ3) is 64.0. The fourth-order valence-electron chi connectivity index (χ4n) is 10.6. The summed E-state index contributed by atoms with van der Waals surface area (Å²) in [5.41, 5.74) is 0. The van der Waals surface area contributed by atoms with Crippen molar-refractivity contribution in [1.82, 2.24) is 5.32 Å². The molecule has 0 fully saturated rings. The summed E-state index contributed by atoms with van der Waals surface area (Å²) in [6, 6.07) is -0.891. The van der Waals surface area contributed by atoms with Crippen LogP contribution in [0.25, 0.3) is 0 Å². The second kappa shape index (κ2) is 62.0. The van der Waals surface area contributed by atoms with Gasteiger partial charge in [-0.3, -0.25) is 9.36 Å². The van der Waals surface area contributed by atoms with Gasteiger partial charge in [0.2, 0.25) is 5.91 Å². The van der Waals surface area contributed by atoms with Crippen molar-refractivity contribution in [2.45, 2.75) is 360 Å². The Morgan fingerprint density at radius 3 is 1.05 bits per heavy atom. The molecule has 3 unspecified atom stereocenters. The number of phosphoric acid groups is 1. The highest BCUT2D eigenvalue weighted by Gasteiger charge is 2.23. The average molecular weight is 1150 g/mol. The Bertz CT molecular complexity index is 1440. The Balaban J connectivity index is 4.07. The van der Waals surface area contributed by atoms with Crippen molar-refractivity contribution in [3.8, 4) is 0 Å². The van der Waals surface area contributed by atoms with E-state index in [0.29, 0.717) is 17.4 Å². The molecule has 0 aromatic heterocycles. The van der Waals surface area contributed by atoms with Gasteiger partial charge in [0, 0.05) is 6.42 Å². The summed E-state index contributed by atoms with van der Waals surface area (Å²) in [5.74, 6) is -0.195. The van der Waals surface area contributed by atoms with E-state index in [1.54, 1.807) is 6.08 Å². The summed E-state index contributed by atoms with van der Waals surface area (Å²) in [4.78, 5) is 25.6. The molecule has 0 aromatic rings. The van der Waals surface area contributed by atoms with Gasteiger partial charge in [0.25, 0.3) is 7.82 Å². The molecular formula is C71H137N2O6P. The summed E-state index contributed by atoms with van der Waals surface area (Å²) in [6.45, 7) is 4.68. The topological polar surface area (TPSA) is 108 Å². The molecule has 0 aliphatic rings. The minimum Gasteiger partial charge on any atom is -0.756 e. The number of carbonyl (C=O) groups excluding carboxylic acids is 1. The number of amides is 1. The van der Waals surface area contributed by atoms with Crippen molar-refractivity contribution in [2.75, 3.05) is 40.9 Å². The Kier molecular flexibility index (Phi) is 60.8. The quantitative estimate of drug-likeness (QED) is 0.0272. The first kappa shape index (κ1) is 78.5. The number of carbonyl (C=O) groups is 1. The molecule has 0 saturated heterocycles. The molecule has 2 N–H and O–H groups in total. The van der Waals surface area contributed by atoms with E-state index in [9.17, 15) is 19.4 Å². The Hall–Kier alpha value is -1.54. The molecule has 472 valence electrons. The van der Waals surface area contributed by atoms with E-state index in [4.69, 9.17) is 9.05 Å². The molecule has 0 aliphatic heterocycles. The summed E-state index contributed by atoms with van der Waals surface area (Å²) in [6.07, 6.45) is 83.7. The number of nitrogens with zero attached hydrogens (tertiary/aromatic N) is 1. The fraction of sp³-hybridized carbons (Fsp3) is 0.873. The van der Waals surface area contributed by atoms with Gasteiger partial charge in [0.1, 0.15) is 13.2 Å². The van der Waals surface area contributed by atoms with Crippen molar-refractivity contribution in [3.05, 3.63) is 48.6 Å². The SMILES string of the molecule is CCCCCCC/C=C\C/C=C\C/C=C\CCCCCCCCCCCCCCC(=O)NC(COP(=O)([O-])OCC[N+](C)(C)C)C(O)/C=C/CCCCCCCCCCCCCCCCCCCCCCCCCCCCCCC. The van der Waals surface area contributed by atoms with Crippen LogP contribution in [0.4, 0.5) is 0 Å². The second-order valence-electron chi connectivity index (χ2n) is 25.2. The molecule has 0 aromatic carbocycles. The molecule has 9 heteroatoms. The number of likely N-dealkylation sites (N-methyl/N-ethyl adjacent to an activating group) is 1. The van der Waals surface area contributed by atoms with Crippen LogP contribution in [0.5, 0.6) is 0 Å². The van der Waals surface area contributed by atoms with Gasteiger partial charge in [0.05, 0.1) is 39.9 Å². The number of hydrogen-bond acceptors (Lipinski definition) is 6. The summed E-state index contributed by atoms with van der Waals surface area (Å²) >= 11 is 0. The molecule has 1 amide bonds. The standard InChI is InChI=1S/C71H137N2O6P/c1-6-8-10-12-14-16-18-20-22-24-26-28-30-32-34-35-36-37-39-40-42-44-46-48-50-52-54-56-58-60-62-64-70(74)69(68-79-80(76,77)78-67-66-73(3,4)5)72-71(75)65-63-61-59-57-55-53-51-49-47-45-43-41-38-33-31-29-27-25-23-21-19-17-15-13-11-9-7-2/h19,21,25,27,31,33,62,64,69-70,74H,6-18,20,22-24,26,28-30,32,34-61,63,65-68H2,1-5H3,(H-,72,75,76,77)/b21-19-,27-25-,33-31-,64-62+. The maximum atomic E-state index is 13.0. The third-order valence-electron chi connectivity index (χ3n) is 16.0. The van der Waals surface area contributed by atoms with E-state index in [2.05, 4.69) is 55.6 Å². The van der Waals surface area contributed by atoms with Gasteiger partial charge in [-0.1, -0.05) is 332 Å². The molecule has 0 heterocycles. The molecule has 3 atom stereocenters. The summed E-state index contributed by atoms with van der Waals surface area (Å²) in [7, 11) is 1.27. The van der Waals surface area contributed by atoms with Crippen LogP contribution in [0.15, 0.2) is 48.6 Å². The maximum absolute atomic E-state index is 13.0. The maximum Gasteiger partial charge on any atom is 0.268 e. The van der Waals surface area contributed by atoms with Gasteiger partial charge in [-0.05, 0) is 57.8 Å². The van der Waals surface area contributed by atoms with Crippen LogP contribution in [0.2, 0.25) is 0 Å². The average Bonchev–Trinajstić information content (AvgIpc) is 3.42. The van der Waals surface area contributed by atoms with E-state index >= 15 is 0 Å². The van der Waals surface area contributed by atoms with Crippen molar-refractivity contribution >= 4 is 13.7 Å². The van der Waals surface area contributed by atoms with Crippen LogP contribution < -0.4 is 10.2 Å². The second-order valence-corrected chi connectivity index (χ2v) is 26.7. The lowest BCUT2D eigenvalue weighted by Gasteiger charge is -2.29. The number of rotatable bonds is 65. The highest BCUT2D eigenvalue weighted by atomic mass is 31.2. The van der Waals surface area contributed by atoms with Crippen LogP contribution >= 0.6 is 7.82 Å². The zero-order valence-corrected chi connectivity index (χ0v) is 54.9. The monoisotopic (exact) mass is 1150 g/mol. The van der Waals surface area contributed by atoms with Gasteiger partial charge >= 0.3 is 0 Å². The predicted molar refractivity (Wildman–Crippen MR) is 348 cm³/mol. The molecule has 0 saturated carbocycles. The van der Waals surface area contributed by atoms with E-state index in [0.717, 1.165) is 51.4 Å². The molecule has 0 rings (SSSR count). The van der Waals surface area contributed by atoms with Gasteiger partial charge in [-0.2, -0.15) is 0 Å². The first-order valence-corrected chi connectivity index (χ1v) is 36.5. The zero-order valence-electron chi connectivity index (χ0n) is 54.0. The summed E-state index contributed by atoms with van der Waals surface area (Å²) in [5, 5.41) is 14.0. The normalized spacial score (nSPS) is 13.9. The van der Waals surface area contributed by atoms with Gasteiger partial charge in [-0.25, -0.2) is 0 Å². The van der Waals surface area contributed by atoms with Gasteiger partial charge in [-0.15, -0.1) is 0 Å². The van der Waals surface area contributed by atoms with Crippen LogP contribution in [-0.4, -0.2) is 68.5 Å². The van der Waals surface area contributed by atoms with E-state index in [1.165, 1.54) is 276 Å². The Morgan fingerprint density at radius 1 is 0.438 bits per heavy atom. The number of quaternary nitrogens is 1. The number of nitrogens with one attached hydrogen (secondary N) is 1.